The average Bonchev–Trinajstić information content (AvgIpc) is 3.36. The first-order valence-corrected chi connectivity index (χ1v) is 10.2. The molecular formula is C21H22N2O3S. The molecule has 0 radical (unpaired) electrons. The number of methoxy groups -OCH3 is 1. The number of fused-ring (bicyclic) bond motifs is 2. The summed E-state index contributed by atoms with van der Waals surface area (Å²) < 4.78 is 18.7. The van der Waals surface area contributed by atoms with Crippen LogP contribution in [0.5, 0.6) is 11.5 Å². The molecule has 1 unspecified atom stereocenters. The van der Waals surface area contributed by atoms with Gasteiger partial charge in [-0.2, -0.15) is 0 Å². The predicted molar refractivity (Wildman–Crippen MR) is 106 cm³/mol. The highest BCUT2D eigenvalue weighted by molar-refractivity contribution is 7.21. The van der Waals surface area contributed by atoms with Gasteiger partial charge in [0.15, 0.2) is 11.5 Å². The minimum absolute atomic E-state index is 0.324. The molecule has 1 fully saturated rings. The molecule has 2 aliphatic rings. The van der Waals surface area contributed by atoms with E-state index in [1.807, 2.05) is 12.1 Å². The fourth-order valence-electron chi connectivity index (χ4n) is 3.85. The molecule has 3 heterocycles. The van der Waals surface area contributed by atoms with E-state index in [4.69, 9.17) is 19.2 Å². The highest BCUT2D eigenvalue weighted by atomic mass is 32.1. The Balaban J connectivity index is 1.47. The zero-order valence-corrected chi connectivity index (χ0v) is 16.1. The van der Waals surface area contributed by atoms with Gasteiger partial charge in [0.05, 0.1) is 23.4 Å². The van der Waals surface area contributed by atoms with E-state index in [0.29, 0.717) is 12.8 Å². The van der Waals surface area contributed by atoms with E-state index in [2.05, 4.69) is 29.2 Å². The molecule has 1 aromatic heterocycles. The summed E-state index contributed by atoms with van der Waals surface area (Å²) in [4.78, 5) is 7.10. The quantitative estimate of drug-likeness (QED) is 0.673. The third kappa shape index (κ3) is 3.29. The number of hydrogen-bond donors (Lipinski definition) is 0. The Morgan fingerprint density at radius 2 is 2.22 bits per heavy atom. The number of benzene rings is 2. The highest BCUT2D eigenvalue weighted by Crippen LogP contribution is 2.41. The largest absolute Gasteiger partial charge is 0.493 e. The first-order valence-electron chi connectivity index (χ1n) is 9.34. The summed E-state index contributed by atoms with van der Waals surface area (Å²) in [5, 5.41) is 1.01. The molecule has 27 heavy (non-hydrogen) atoms. The second kappa shape index (κ2) is 7.11. The molecule has 140 valence electrons. The third-order valence-corrected chi connectivity index (χ3v) is 6.25. The Kier molecular flexibility index (Phi) is 4.47. The standard InChI is InChI=1S/C21H22N2O3S/c1-24-18-10-14(21-22-17-6-2-3-7-19(17)27-21)9-15-11-23(13-26-20(15)18)12-16-5-4-8-25-16/h2-3,6-7,9-10,16H,4-5,8,11-13H2,1H3. The van der Waals surface area contributed by atoms with Gasteiger partial charge in [-0.3, -0.25) is 4.90 Å². The van der Waals surface area contributed by atoms with Crippen LogP contribution in [0, 0.1) is 0 Å². The lowest BCUT2D eigenvalue weighted by molar-refractivity contribution is 0.0269. The van der Waals surface area contributed by atoms with Crippen molar-refractivity contribution in [2.24, 2.45) is 0 Å². The van der Waals surface area contributed by atoms with Crippen LogP contribution in [-0.2, 0) is 11.3 Å². The van der Waals surface area contributed by atoms with Gasteiger partial charge < -0.3 is 14.2 Å². The lowest BCUT2D eigenvalue weighted by Crippen LogP contribution is -2.37. The summed E-state index contributed by atoms with van der Waals surface area (Å²) in [5.41, 5.74) is 3.26. The Bertz CT molecular complexity index is 932. The van der Waals surface area contributed by atoms with Crippen molar-refractivity contribution in [2.45, 2.75) is 25.5 Å². The van der Waals surface area contributed by atoms with E-state index in [9.17, 15) is 0 Å². The topological polar surface area (TPSA) is 43.8 Å². The van der Waals surface area contributed by atoms with Crippen LogP contribution in [-0.4, -0.2) is 43.0 Å². The van der Waals surface area contributed by atoms with Gasteiger partial charge >= 0.3 is 0 Å². The van der Waals surface area contributed by atoms with Crippen molar-refractivity contribution in [2.75, 3.05) is 27.0 Å². The lowest BCUT2D eigenvalue weighted by atomic mass is 10.1. The zero-order chi connectivity index (χ0) is 18.2. The van der Waals surface area contributed by atoms with Crippen LogP contribution in [0.1, 0.15) is 18.4 Å². The van der Waals surface area contributed by atoms with Crippen molar-refractivity contribution < 1.29 is 14.2 Å². The van der Waals surface area contributed by atoms with E-state index < -0.39 is 0 Å². The molecule has 2 aliphatic heterocycles. The van der Waals surface area contributed by atoms with Gasteiger partial charge in [-0.15, -0.1) is 11.3 Å². The van der Waals surface area contributed by atoms with E-state index in [-0.39, 0.29) is 0 Å². The van der Waals surface area contributed by atoms with Crippen molar-refractivity contribution in [3.8, 4) is 22.1 Å². The van der Waals surface area contributed by atoms with Crippen LogP contribution >= 0.6 is 11.3 Å². The second-order valence-electron chi connectivity index (χ2n) is 7.07. The summed E-state index contributed by atoms with van der Waals surface area (Å²) in [7, 11) is 1.69. The van der Waals surface area contributed by atoms with Gasteiger partial charge in [-0.1, -0.05) is 12.1 Å². The molecule has 0 aliphatic carbocycles. The summed E-state index contributed by atoms with van der Waals surface area (Å²) in [5.74, 6) is 1.63. The smallest absolute Gasteiger partial charge is 0.167 e. The van der Waals surface area contributed by atoms with Gasteiger partial charge in [0.25, 0.3) is 0 Å². The first kappa shape index (κ1) is 17.0. The molecule has 6 heteroatoms. The number of nitrogens with zero attached hydrogens (tertiary/aromatic N) is 2. The molecule has 5 rings (SSSR count). The fraction of sp³-hybridized carbons (Fsp3) is 0.381. The van der Waals surface area contributed by atoms with Crippen LogP contribution in [0.15, 0.2) is 36.4 Å². The molecule has 1 atom stereocenters. The van der Waals surface area contributed by atoms with Crippen molar-refractivity contribution in [1.29, 1.82) is 0 Å². The summed E-state index contributed by atoms with van der Waals surface area (Å²) >= 11 is 1.71. The number of rotatable bonds is 4. The summed E-state index contributed by atoms with van der Waals surface area (Å²) in [6, 6.07) is 12.5. The first-order chi connectivity index (χ1) is 13.3. The van der Waals surface area contributed by atoms with Crippen molar-refractivity contribution in [3.05, 3.63) is 42.0 Å². The second-order valence-corrected chi connectivity index (χ2v) is 8.10. The Labute approximate surface area is 162 Å². The maximum Gasteiger partial charge on any atom is 0.167 e. The predicted octanol–water partition coefficient (Wildman–Crippen LogP) is 4.30. The van der Waals surface area contributed by atoms with Crippen molar-refractivity contribution in [3.63, 3.8) is 0 Å². The minimum Gasteiger partial charge on any atom is -0.493 e. The molecule has 5 nitrogen and oxygen atoms in total. The van der Waals surface area contributed by atoms with E-state index in [1.54, 1.807) is 18.4 Å². The maximum absolute atomic E-state index is 6.05. The molecule has 0 spiro atoms. The number of thiazole rings is 1. The molecule has 1 saturated heterocycles. The molecule has 3 aromatic rings. The van der Waals surface area contributed by atoms with Crippen molar-refractivity contribution in [1.82, 2.24) is 9.88 Å². The van der Waals surface area contributed by atoms with Gasteiger partial charge in [0.1, 0.15) is 11.7 Å². The molecule has 0 N–H and O–H groups in total. The van der Waals surface area contributed by atoms with E-state index in [0.717, 1.165) is 65.7 Å². The van der Waals surface area contributed by atoms with Crippen LogP contribution < -0.4 is 9.47 Å². The molecule has 0 amide bonds. The van der Waals surface area contributed by atoms with Gasteiger partial charge in [-0.05, 0) is 37.1 Å². The van der Waals surface area contributed by atoms with Crippen LogP contribution in [0.2, 0.25) is 0 Å². The molecular weight excluding hydrogens is 360 g/mol. The summed E-state index contributed by atoms with van der Waals surface area (Å²) in [6.45, 7) is 3.20. The molecule has 0 saturated carbocycles. The number of para-hydroxylation sites is 1. The fourth-order valence-corrected chi connectivity index (χ4v) is 4.80. The number of aromatic nitrogens is 1. The Hall–Kier alpha value is -2.15. The number of hydrogen-bond acceptors (Lipinski definition) is 6. The molecule has 2 aromatic carbocycles. The molecule has 0 bridgehead atoms. The van der Waals surface area contributed by atoms with Crippen molar-refractivity contribution >= 4 is 21.6 Å². The van der Waals surface area contributed by atoms with E-state index >= 15 is 0 Å². The van der Waals surface area contributed by atoms with Gasteiger partial charge in [0, 0.05) is 30.8 Å². The third-order valence-electron chi connectivity index (χ3n) is 5.16. The van der Waals surface area contributed by atoms with E-state index in [1.165, 1.54) is 4.70 Å². The normalized spacial score (nSPS) is 19.8. The highest BCUT2D eigenvalue weighted by Gasteiger charge is 2.26. The van der Waals surface area contributed by atoms with Crippen LogP contribution in [0.4, 0.5) is 0 Å². The van der Waals surface area contributed by atoms with Gasteiger partial charge in [-0.25, -0.2) is 4.98 Å². The SMILES string of the molecule is COc1cc(-c2nc3ccccc3s2)cc2c1OCN(CC1CCCO1)C2. The zero-order valence-electron chi connectivity index (χ0n) is 15.3. The Morgan fingerprint density at radius 1 is 1.30 bits per heavy atom. The van der Waals surface area contributed by atoms with Crippen LogP contribution in [0.3, 0.4) is 0 Å². The van der Waals surface area contributed by atoms with Gasteiger partial charge in [0.2, 0.25) is 0 Å². The average molecular weight is 382 g/mol. The lowest BCUT2D eigenvalue weighted by Gasteiger charge is -2.31. The summed E-state index contributed by atoms with van der Waals surface area (Å²) in [6.07, 6.45) is 2.62. The Morgan fingerprint density at radius 3 is 3.04 bits per heavy atom. The van der Waals surface area contributed by atoms with Crippen LogP contribution in [0.25, 0.3) is 20.8 Å². The monoisotopic (exact) mass is 382 g/mol. The number of ether oxygens (including phenoxy) is 3. The minimum atomic E-state index is 0.324. The maximum atomic E-state index is 6.05.